The molecule has 0 spiro atoms. The van der Waals surface area contributed by atoms with Crippen LogP contribution < -0.4 is 10.6 Å². The van der Waals surface area contributed by atoms with Crippen molar-refractivity contribution >= 4 is 12.0 Å². The SMILES string of the molecule is CCC(CC)(NC(=O)NC1CCC(O)CC1)C(=O)O. The summed E-state index contributed by atoms with van der Waals surface area (Å²) in [5.41, 5.74) is -1.20. The number of amides is 2. The Bertz CT molecular complexity index is 321. The van der Waals surface area contributed by atoms with E-state index in [2.05, 4.69) is 10.6 Å². The Labute approximate surface area is 113 Å². The molecule has 110 valence electrons. The fraction of sp³-hybridized carbons (Fsp3) is 0.846. The highest BCUT2D eigenvalue weighted by atomic mass is 16.4. The van der Waals surface area contributed by atoms with Gasteiger partial charge in [-0.1, -0.05) is 13.8 Å². The average Bonchev–Trinajstić information content (AvgIpc) is 2.38. The first-order valence-electron chi connectivity index (χ1n) is 6.93. The van der Waals surface area contributed by atoms with Crippen molar-refractivity contribution in [2.24, 2.45) is 0 Å². The second-order valence-electron chi connectivity index (χ2n) is 5.20. The van der Waals surface area contributed by atoms with E-state index in [0.29, 0.717) is 25.7 Å². The summed E-state index contributed by atoms with van der Waals surface area (Å²) in [5.74, 6) is -1.01. The average molecular weight is 272 g/mol. The molecule has 1 saturated carbocycles. The Morgan fingerprint density at radius 3 is 2.11 bits per heavy atom. The fourth-order valence-corrected chi connectivity index (χ4v) is 2.44. The van der Waals surface area contributed by atoms with Gasteiger partial charge in [0.2, 0.25) is 0 Å². The van der Waals surface area contributed by atoms with E-state index in [1.807, 2.05) is 0 Å². The summed E-state index contributed by atoms with van der Waals surface area (Å²) in [6.45, 7) is 3.49. The lowest BCUT2D eigenvalue weighted by atomic mass is 9.92. The van der Waals surface area contributed by atoms with Crippen LogP contribution in [-0.2, 0) is 4.79 Å². The maximum absolute atomic E-state index is 11.9. The van der Waals surface area contributed by atoms with E-state index in [0.717, 1.165) is 12.8 Å². The summed E-state index contributed by atoms with van der Waals surface area (Å²) in [6.07, 6.45) is 3.23. The molecule has 4 N–H and O–H groups in total. The van der Waals surface area contributed by atoms with Crippen molar-refractivity contribution < 1.29 is 19.8 Å². The number of carbonyl (C=O) groups excluding carboxylic acids is 1. The van der Waals surface area contributed by atoms with Gasteiger partial charge in [0.15, 0.2) is 0 Å². The quantitative estimate of drug-likeness (QED) is 0.605. The lowest BCUT2D eigenvalue weighted by molar-refractivity contribution is -0.144. The minimum absolute atomic E-state index is 0.0172. The summed E-state index contributed by atoms with van der Waals surface area (Å²) < 4.78 is 0. The summed E-state index contributed by atoms with van der Waals surface area (Å²) in [6, 6.07) is -0.420. The zero-order valence-corrected chi connectivity index (χ0v) is 11.6. The minimum atomic E-state index is -1.20. The third-order valence-corrected chi connectivity index (χ3v) is 4.00. The Hall–Kier alpha value is -1.30. The van der Waals surface area contributed by atoms with E-state index in [9.17, 15) is 19.8 Å². The molecule has 1 rings (SSSR count). The molecule has 1 aliphatic rings. The van der Waals surface area contributed by atoms with Crippen LogP contribution in [0.3, 0.4) is 0 Å². The number of carbonyl (C=O) groups is 2. The molecule has 2 amide bonds. The van der Waals surface area contributed by atoms with Crippen LogP contribution in [0.5, 0.6) is 0 Å². The molecule has 6 nitrogen and oxygen atoms in total. The molecule has 1 aliphatic carbocycles. The van der Waals surface area contributed by atoms with E-state index >= 15 is 0 Å². The zero-order chi connectivity index (χ0) is 14.5. The van der Waals surface area contributed by atoms with E-state index < -0.39 is 17.5 Å². The Morgan fingerprint density at radius 2 is 1.68 bits per heavy atom. The molecule has 0 radical (unpaired) electrons. The largest absolute Gasteiger partial charge is 0.480 e. The van der Waals surface area contributed by atoms with E-state index in [1.165, 1.54) is 0 Å². The van der Waals surface area contributed by atoms with Crippen LogP contribution in [0.15, 0.2) is 0 Å². The van der Waals surface area contributed by atoms with Gasteiger partial charge in [-0.05, 0) is 38.5 Å². The fourth-order valence-electron chi connectivity index (χ4n) is 2.44. The van der Waals surface area contributed by atoms with Crippen LogP contribution >= 0.6 is 0 Å². The number of hydrogen-bond acceptors (Lipinski definition) is 3. The molecule has 0 heterocycles. The highest BCUT2D eigenvalue weighted by Gasteiger charge is 2.36. The van der Waals surface area contributed by atoms with Crippen molar-refractivity contribution in [2.45, 2.75) is 70.1 Å². The van der Waals surface area contributed by atoms with Gasteiger partial charge in [-0.2, -0.15) is 0 Å². The Morgan fingerprint density at radius 1 is 1.16 bits per heavy atom. The molecule has 0 aliphatic heterocycles. The second-order valence-corrected chi connectivity index (χ2v) is 5.20. The van der Waals surface area contributed by atoms with Gasteiger partial charge >= 0.3 is 12.0 Å². The molecular weight excluding hydrogens is 248 g/mol. The van der Waals surface area contributed by atoms with E-state index in [1.54, 1.807) is 13.8 Å². The summed E-state index contributed by atoms with van der Waals surface area (Å²) in [5, 5.41) is 24.0. The topological polar surface area (TPSA) is 98.7 Å². The van der Waals surface area contributed by atoms with Gasteiger partial charge in [-0.25, -0.2) is 9.59 Å². The third-order valence-electron chi connectivity index (χ3n) is 4.00. The predicted octanol–water partition coefficient (Wildman–Crippen LogP) is 1.23. The monoisotopic (exact) mass is 272 g/mol. The van der Waals surface area contributed by atoms with Crippen molar-refractivity contribution in [1.82, 2.24) is 10.6 Å². The number of rotatable bonds is 5. The van der Waals surface area contributed by atoms with Gasteiger partial charge in [-0.3, -0.25) is 0 Å². The molecule has 0 unspecified atom stereocenters. The first-order valence-corrected chi connectivity index (χ1v) is 6.93. The van der Waals surface area contributed by atoms with Crippen LogP contribution in [0.1, 0.15) is 52.4 Å². The van der Waals surface area contributed by atoms with Gasteiger partial charge in [0.05, 0.1) is 6.10 Å². The van der Waals surface area contributed by atoms with Crippen LogP contribution in [0.4, 0.5) is 4.79 Å². The van der Waals surface area contributed by atoms with E-state index in [4.69, 9.17) is 0 Å². The number of urea groups is 1. The number of hydrogen-bond donors (Lipinski definition) is 4. The number of aliphatic carboxylic acids is 1. The molecule has 0 bridgehead atoms. The van der Waals surface area contributed by atoms with Crippen molar-refractivity contribution in [3.8, 4) is 0 Å². The number of aliphatic hydroxyl groups is 1. The highest BCUT2D eigenvalue weighted by molar-refractivity contribution is 5.86. The summed E-state index contributed by atoms with van der Waals surface area (Å²) in [7, 11) is 0. The molecule has 6 heteroatoms. The van der Waals surface area contributed by atoms with Gasteiger partial charge in [-0.15, -0.1) is 0 Å². The number of carboxylic acid groups (broad SMARTS) is 1. The first kappa shape index (κ1) is 15.8. The molecular formula is C13H24N2O4. The number of nitrogens with one attached hydrogen (secondary N) is 2. The maximum atomic E-state index is 11.9. The van der Waals surface area contributed by atoms with Crippen LogP contribution in [-0.4, -0.2) is 39.9 Å². The predicted molar refractivity (Wildman–Crippen MR) is 70.9 cm³/mol. The van der Waals surface area contributed by atoms with Crippen molar-refractivity contribution in [3.05, 3.63) is 0 Å². The summed E-state index contributed by atoms with van der Waals surface area (Å²) >= 11 is 0. The molecule has 0 saturated heterocycles. The number of aliphatic hydroxyl groups excluding tert-OH is 1. The molecule has 0 aromatic rings. The lowest BCUT2D eigenvalue weighted by Gasteiger charge is -2.31. The molecule has 0 aromatic heterocycles. The second kappa shape index (κ2) is 6.75. The van der Waals surface area contributed by atoms with Crippen LogP contribution in [0.2, 0.25) is 0 Å². The van der Waals surface area contributed by atoms with Crippen molar-refractivity contribution in [1.29, 1.82) is 0 Å². The van der Waals surface area contributed by atoms with Crippen molar-refractivity contribution in [3.63, 3.8) is 0 Å². The normalized spacial score (nSPS) is 23.7. The zero-order valence-electron chi connectivity index (χ0n) is 11.6. The molecule has 1 fully saturated rings. The third kappa shape index (κ3) is 4.09. The van der Waals surface area contributed by atoms with Gasteiger partial charge in [0.1, 0.15) is 5.54 Å². The van der Waals surface area contributed by atoms with Crippen LogP contribution in [0.25, 0.3) is 0 Å². The van der Waals surface area contributed by atoms with E-state index in [-0.39, 0.29) is 12.1 Å². The smallest absolute Gasteiger partial charge is 0.329 e. The maximum Gasteiger partial charge on any atom is 0.329 e. The highest BCUT2D eigenvalue weighted by Crippen LogP contribution is 2.19. The molecule has 19 heavy (non-hydrogen) atoms. The standard InChI is InChI=1S/C13H24N2O4/c1-3-13(4-2,11(17)18)15-12(19)14-9-5-7-10(16)8-6-9/h9-10,16H,3-8H2,1-2H3,(H,17,18)(H2,14,15,19). The number of carboxylic acids is 1. The van der Waals surface area contributed by atoms with Gasteiger partial charge in [0.25, 0.3) is 0 Å². The Kier molecular flexibility index (Phi) is 5.60. The molecule has 0 aromatic carbocycles. The minimum Gasteiger partial charge on any atom is -0.480 e. The lowest BCUT2D eigenvalue weighted by Crippen LogP contribution is -2.58. The summed E-state index contributed by atoms with van der Waals surface area (Å²) in [4.78, 5) is 23.2. The first-order chi connectivity index (χ1) is 8.93. The van der Waals surface area contributed by atoms with Crippen LogP contribution in [0, 0.1) is 0 Å². The van der Waals surface area contributed by atoms with Gasteiger partial charge in [0, 0.05) is 6.04 Å². The molecule has 0 atom stereocenters. The van der Waals surface area contributed by atoms with Gasteiger partial charge < -0.3 is 20.8 Å². The Balaban J connectivity index is 2.51. The van der Waals surface area contributed by atoms with Crippen molar-refractivity contribution in [2.75, 3.05) is 0 Å².